The van der Waals surface area contributed by atoms with Crippen molar-refractivity contribution in [3.05, 3.63) is 57.8 Å². The monoisotopic (exact) mass is 690 g/mol. The Morgan fingerprint density at radius 3 is 2.23 bits per heavy atom. The highest BCUT2D eigenvalue weighted by molar-refractivity contribution is 9.10. The Morgan fingerprint density at radius 2 is 1.68 bits per heavy atom. The Bertz CT molecular complexity index is 1280. The molecule has 0 bridgehead atoms. The molecule has 0 aromatic heterocycles. The molecule has 2 aromatic carbocycles. The van der Waals surface area contributed by atoms with E-state index < -0.39 is 59.6 Å². The number of carbonyl (C=O) groups excluding carboxylic acids is 3. The van der Waals surface area contributed by atoms with Gasteiger partial charge in [0.15, 0.2) is 5.82 Å². The summed E-state index contributed by atoms with van der Waals surface area (Å²) >= 11 is 3.30. The molecule has 0 unspecified atom stereocenters. The van der Waals surface area contributed by atoms with E-state index in [9.17, 15) is 27.6 Å². The molecule has 2 aromatic rings. The first-order valence-electron chi connectivity index (χ1n) is 14.1. The van der Waals surface area contributed by atoms with Gasteiger partial charge < -0.3 is 19.5 Å². The molecule has 0 fully saturated rings. The van der Waals surface area contributed by atoms with Gasteiger partial charge in [-0.2, -0.15) is 13.2 Å². The molecule has 0 aliphatic heterocycles. The zero-order valence-corrected chi connectivity index (χ0v) is 27.2. The number of methoxy groups -OCH3 is 1. The van der Waals surface area contributed by atoms with Gasteiger partial charge in [-0.25, -0.2) is 9.18 Å². The van der Waals surface area contributed by atoms with Crippen LogP contribution in [0.2, 0.25) is 0 Å². The van der Waals surface area contributed by atoms with Crippen molar-refractivity contribution in [1.29, 1.82) is 0 Å². The fourth-order valence-corrected chi connectivity index (χ4v) is 4.77. The van der Waals surface area contributed by atoms with Gasteiger partial charge in [0, 0.05) is 16.1 Å². The largest absolute Gasteiger partial charge is 0.487 e. The number of amides is 2. The van der Waals surface area contributed by atoms with Crippen LogP contribution in [0.4, 0.5) is 28.0 Å². The molecule has 0 spiro atoms. The average Bonchev–Trinajstić information content (AvgIpc) is 2.91. The van der Waals surface area contributed by atoms with Crippen molar-refractivity contribution >= 4 is 39.6 Å². The summed E-state index contributed by atoms with van der Waals surface area (Å²) in [6.07, 6.45) is -4.52. The lowest BCUT2D eigenvalue weighted by Gasteiger charge is -2.28. The molecular weight excluding hydrogens is 652 g/mol. The molecule has 0 aliphatic carbocycles. The lowest BCUT2D eigenvalue weighted by molar-refractivity contribution is -0.171. The maximum atomic E-state index is 16.5. The second-order valence-corrected chi connectivity index (χ2v) is 12.5. The number of carbonyl (C=O) groups is 3. The van der Waals surface area contributed by atoms with E-state index in [-0.39, 0.29) is 28.0 Å². The van der Waals surface area contributed by atoms with Crippen molar-refractivity contribution in [2.45, 2.75) is 84.7 Å². The highest BCUT2D eigenvalue weighted by Crippen LogP contribution is 2.41. The number of nitrogens with one attached hydrogen (secondary N) is 1. The van der Waals surface area contributed by atoms with Gasteiger partial charge in [-0.05, 0) is 51.2 Å². The number of alkyl carbamates (subject to hydrolysis) is 1. The van der Waals surface area contributed by atoms with Crippen LogP contribution in [0.3, 0.4) is 0 Å². The van der Waals surface area contributed by atoms with Crippen molar-refractivity contribution in [2.75, 3.05) is 18.6 Å². The lowest BCUT2D eigenvalue weighted by atomic mass is 9.97. The maximum absolute atomic E-state index is 16.5. The van der Waals surface area contributed by atoms with Crippen LogP contribution in [0.25, 0.3) is 0 Å². The summed E-state index contributed by atoms with van der Waals surface area (Å²) in [6.45, 7) is 7.70. The molecule has 0 saturated heterocycles. The molecule has 0 heterocycles. The number of ether oxygens (including phenoxy) is 3. The van der Waals surface area contributed by atoms with Crippen LogP contribution < -0.4 is 15.0 Å². The molecule has 44 heavy (non-hydrogen) atoms. The number of nitrogens with zero attached hydrogens (tertiary/aromatic N) is 1. The number of alkyl halides is 3. The van der Waals surface area contributed by atoms with Crippen molar-refractivity contribution in [3.63, 3.8) is 0 Å². The zero-order valence-electron chi connectivity index (χ0n) is 25.6. The fourth-order valence-electron chi connectivity index (χ4n) is 4.23. The van der Waals surface area contributed by atoms with Crippen molar-refractivity contribution < 1.29 is 46.2 Å². The highest BCUT2D eigenvalue weighted by Gasteiger charge is 2.46. The number of anilines is 1. The Labute approximate surface area is 263 Å². The number of hydrogen-bond donors (Lipinski definition) is 1. The predicted octanol–water partition coefficient (Wildman–Crippen LogP) is 7.50. The minimum absolute atomic E-state index is 0.0352. The Hall–Kier alpha value is -3.35. The Balaban J connectivity index is 2.65. The molecule has 8 nitrogen and oxygen atoms in total. The summed E-state index contributed by atoms with van der Waals surface area (Å²) in [5.41, 5.74) is -1.21. The molecule has 0 aliphatic rings. The normalized spacial score (nSPS) is 12.5. The summed E-state index contributed by atoms with van der Waals surface area (Å²) in [5.74, 6) is -4.99. The third kappa shape index (κ3) is 11.6. The minimum atomic E-state index is -5.46. The number of hydrogen-bond acceptors (Lipinski definition) is 6. The van der Waals surface area contributed by atoms with Crippen molar-refractivity contribution in [2.24, 2.45) is 5.92 Å². The van der Waals surface area contributed by atoms with Gasteiger partial charge in [-0.3, -0.25) is 14.5 Å². The standard InChI is InChI=1S/C31H39BrF4N2O6/c1-19(2)11-10-14-21(37-29(41)44-30(3,4)5)15-22-23(32)16-24(43-18-20-12-8-7-9-13-20)27(26(22)33)38(17-25(39)42-6)28(40)31(34,35)36/h7-9,12-13,16,19,21H,10-11,14-15,17-18H2,1-6H3,(H,37,41)/t21-/m0/s1. The number of rotatable bonds is 13. The van der Waals surface area contributed by atoms with E-state index in [4.69, 9.17) is 9.47 Å². The van der Waals surface area contributed by atoms with Gasteiger partial charge in [0.1, 0.15) is 30.2 Å². The van der Waals surface area contributed by atoms with E-state index in [1.165, 1.54) is 6.07 Å². The molecule has 0 saturated carbocycles. The van der Waals surface area contributed by atoms with Gasteiger partial charge in [-0.1, -0.05) is 73.0 Å². The van der Waals surface area contributed by atoms with Crippen LogP contribution in [0, 0.1) is 11.7 Å². The van der Waals surface area contributed by atoms with Crippen molar-refractivity contribution in [1.82, 2.24) is 5.32 Å². The fraction of sp³-hybridized carbons (Fsp3) is 0.516. The van der Waals surface area contributed by atoms with Crippen LogP contribution >= 0.6 is 15.9 Å². The van der Waals surface area contributed by atoms with E-state index in [0.29, 0.717) is 24.3 Å². The van der Waals surface area contributed by atoms with Crippen LogP contribution in [0.1, 0.15) is 65.0 Å². The first-order valence-corrected chi connectivity index (χ1v) is 14.8. The van der Waals surface area contributed by atoms with Gasteiger partial charge >= 0.3 is 24.1 Å². The van der Waals surface area contributed by atoms with Crippen LogP contribution in [0.5, 0.6) is 5.75 Å². The van der Waals surface area contributed by atoms with Crippen LogP contribution in [-0.2, 0) is 32.1 Å². The van der Waals surface area contributed by atoms with E-state index in [1.807, 2.05) is 13.8 Å². The van der Waals surface area contributed by atoms with Gasteiger partial charge in [0.05, 0.1) is 7.11 Å². The highest BCUT2D eigenvalue weighted by atomic mass is 79.9. The minimum Gasteiger partial charge on any atom is -0.487 e. The third-order valence-electron chi connectivity index (χ3n) is 6.27. The molecular formula is C31H39BrF4N2O6. The summed E-state index contributed by atoms with van der Waals surface area (Å²) in [4.78, 5) is 37.3. The first kappa shape index (κ1) is 36.8. The zero-order chi connectivity index (χ0) is 33.2. The van der Waals surface area contributed by atoms with E-state index in [0.717, 1.165) is 13.5 Å². The van der Waals surface area contributed by atoms with Gasteiger partial charge in [0.25, 0.3) is 0 Å². The summed E-state index contributed by atoms with van der Waals surface area (Å²) in [5, 5.41) is 2.73. The summed E-state index contributed by atoms with van der Waals surface area (Å²) < 4.78 is 73.5. The number of halogens is 5. The van der Waals surface area contributed by atoms with E-state index in [1.54, 1.807) is 51.1 Å². The van der Waals surface area contributed by atoms with Gasteiger partial charge in [0.2, 0.25) is 0 Å². The van der Waals surface area contributed by atoms with Gasteiger partial charge in [-0.15, -0.1) is 0 Å². The van der Waals surface area contributed by atoms with E-state index >= 15 is 4.39 Å². The summed E-state index contributed by atoms with van der Waals surface area (Å²) in [7, 11) is 0.929. The SMILES string of the molecule is COC(=O)CN(C(=O)C(F)(F)F)c1c(OCc2ccccc2)cc(Br)c(C[C@H](CCCC(C)C)NC(=O)OC(C)(C)C)c1F. The van der Waals surface area contributed by atoms with E-state index in [2.05, 4.69) is 26.0 Å². The Morgan fingerprint density at radius 1 is 1.05 bits per heavy atom. The third-order valence-corrected chi connectivity index (χ3v) is 6.97. The molecule has 13 heteroatoms. The number of esters is 1. The maximum Gasteiger partial charge on any atom is 0.471 e. The molecule has 244 valence electrons. The molecule has 1 atom stereocenters. The first-order chi connectivity index (χ1) is 20.4. The van der Waals surface area contributed by atoms with Crippen LogP contribution in [-0.4, -0.2) is 49.4 Å². The second-order valence-electron chi connectivity index (χ2n) is 11.6. The summed E-state index contributed by atoms with van der Waals surface area (Å²) in [6, 6.07) is 9.12. The topological polar surface area (TPSA) is 94.2 Å². The molecule has 0 radical (unpaired) electrons. The Kier molecular flexibility index (Phi) is 13.5. The molecule has 1 N–H and O–H groups in total. The lowest BCUT2D eigenvalue weighted by Crippen LogP contribution is -2.45. The number of benzene rings is 2. The predicted molar refractivity (Wildman–Crippen MR) is 161 cm³/mol. The molecule has 2 amide bonds. The van der Waals surface area contributed by atoms with Crippen LogP contribution in [0.15, 0.2) is 40.9 Å². The van der Waals surface area contributed by atoms with Crippen molar-refractivity contribution in [3.8, 4) is 5.75 Å². The second kappa shape index (κ2) is 16.1. The molecule has 2 rings (SSSR count). The average molecular weight is 692 g/mol. The quantitative estimate of drug-likeness (QED) is 0.173. The smallest absolute Gasteiger partial charge is 0.471 e.